The van der Waals surface area contributed by atoms with E-state index in [0.717, 1.165) is 22.9 Å². The van der Waals surface area contributed by atoms with Gasteiger partial charge in [0.25, 0.3) is 0 Å². The van der Waals surface area contributed by atoms with E-state index in [4.69, 9.17) is 32.7 Å². The maximum absolute atomic E-state index is 12.0. The molecule has 3 aromatic carbocycles. The number of halogens is 3. The van der Waals surface area contributed by atoms with Gasteiger partial charge in [0.15, 0.2) is 17.3 Å². The van der Waals surface area contributed by atoms with Gasteiger partial charge >= 0.3 is 5.97 Å². The number of hydrogen-bond acceptors (Lipinski definition) is 6. The first-order valence-electron chi connectivity index (χ1n) is 10.4. The fourth-order valence-electron chi connectivity index (χ4n) is 3.11. The Kier molecular flexibility index (Phi) is 8.58. The minimum absolute atomic E-state index is 0.0282. The van der Waals surface area contributed by atoms with Gasteiger partial charge in [0.2, 0.25) is 5.16 Å². The van der Waals surface area contributed by atoms with Crippen molar-refractivity contribution in [3.05, 3.63) is 91.2 Å². The molecule has 0 aliphatic heterocycles. The molecule has 0 spiro atoms. The third kappa shape index (κ3) is 6.61. The van der Waals surface area contributed by atoms with E-state index in [-0.39, 0.29) is 10.1 Å². The molecule has 0 saturated heterocycles. The maximum atomic E-state index is 12.0. The number of rotatable bonds is 9. The van der Waals surface area contributed by atoms with Gasteiger partial charge in [-0.25, -0.2) is 9.78 Å². The Hall–Kier alpha value is -2.98. The van der Waals surface area contributed by atoms with Gasteiger partial charge in [0, 0.05) is 15.6 Å². The molecule has 2 N–H and O–H groups in total. The Bertz CT molecular complexity index is 1410. The standard InChI is InChI=1S/C25H18BrCl2N3O4S/c1-34-20-11-15(10-19(26)22(20)35-13-14-2-6-17(27)7-3-14)12-21(24(32)33)36-25-29-23(30-31-25)16-4-8-18(28)9-5-16/h2-12H,13H2,1H3,(H,32,33)(H,29,30,31)/b21-12-. The summed E-state index contributed by atoms with van der Waals surface area (Å²) in [6, 6.07) is 17.8. The number of nitrogens with zero attached hydrogens (tertiary/aromatic N) is 2. The number of methoxy groups -OCH3 is 1. The SMILES string of the molecule is COc1cc(/C=C(\Sc2n[nH]c(-c3ccc(Cl)cc3)n2)C(=O)O)cc(Br)c1OCc1ccc(Cl)cc1. The van der Waals surface area contributed by atoms with Crippen LogP contribution in [0, 0.1) is 0 Å². The molecule has 7 nitrogen and oxygen atoms in total. The number of carboxylic acid groups (broad SMARTS) is 1. The molecule has 0 radical (unpaired) electrons. The molecule has 184 valence electrons. The van der Waals surface area contributed by atoms with E-state index in [1.54, 1.807) is 48.5 Å². The van der Waals surface area contributed by atoms with Crippen LogP contribution in [0.2, 0.25) is 10.0 Å². The largest absolute Gasteiger partial charge is 0.493 e. The molecule has 0 aliphatic carbocycles. The van der Waals surface area contributed by atoms with E-state index in [0.29, 0.717) is 44.0 Å². The number of nitrogens with one attached hydrogen (secondary N) is 1. The van der Waals surface area contributed by atoms with E-state index in [1.807, 2.05) is 12.1 Å². The van der Waals surface area contributed by atoms with Gasteiger partial charge in [0.1, 0.15) is 11.5 Å². The third-order valence-electron chi connectivity index (χ3n) is 4.84. The number of aromatic amines is 1. The van der Waals surface area contributed by atoms with Crippen molar-refractivity contribution in [3.8, 4) is 22.9 Å². The fourth-order valence-corrected chi connectivity index (χ4v) is 4.65. The van der Waals surface area contributed by atoms with Crippen molar-refractivity contribution in [2.24, 2.45) is 0 Å². The van der Waals surface area contributed by atoms with Crippen LogP contribution in [-0.2, 0) is 11.4 Å². The minimum atomic E-state index is -1.11. The summed E-state index contributed by atoms with van der Waals surface area (Å²) in [5.74, 6) is 0.333. The quantitative estimate of drug-likeness (QED) is 0.152. The Labute approximate surface area is 229 Å². The van der Waals surface area contributed by atoms with Crippen LogP contribution in [0.5, 0.6) is 11.5 Å². The van der Waals surface area contributed by atoms with Crippen LogP contribution in [0.1, 0.15) is 11.1 Å². The van der Waals surface area contributed by atoms with Crippen LogP contribution in [0.3, 0.4) is 0 Å². The molecular weight excluding hydrogens is 589 g/mol. The molecule has 4 rings (SSSR count). The van der Waals surface area contributed by atoms with Crippen molar-refractivity contribution in [1.82, 2.24) is 15.2 Å². The highest BCUT2D eigenvalue weighted by Crippen LogP contribution is 2.38. The highest BCUT2D eigenvalue weighted by atomic mass is 79.9. The highest BCUT2D eigenvalue weighted by molar-refractivity contribution is 9.10. The van der Waals surface area contributed by atoms with Crippen molar-refractivity contribution >= 4 is 62.9 Å². The lowest BCUT2D eigenvalue weighted by atomic mass is 10.2. The normalized spacial score (nSPS) is 11.4. The molecule has 0 amide bonds. The number of aliphatic carboxylic acids is 1. The van der Waals surface area contributed by atoms with Crippen LogP contribution in [-0.4, -0.2) is 33.4 Å². The molecule has 36 heavy (non-hydrogen) atoms. The number of carbonyl (C=O) groups is 1. The summed E-state index contributed by atoms with van der Waals surface area (Å²) < 4.78 is 12.1. The zero-order chi connectivity index (χ0) is 25.7. The highest BCUT2D eigenvalue weighted by Gasteiger charge is 2.17. The van der Waals surface area contributed by atoms with E-state index >= 15 is 0 Å². The predicted molar refractivity (Wildman–Crippen MR) is 145 cm³/mol. The number of ether oxygens (including phenoxy) is 2. The smallest absolute Gasteiger partial charge is 0.342 e. The van der Waals surface area contributed by atoms with Gasteiger partial charge in [-0.05, 0) is 93.4 Å². The first-order chi connectivity index (χ1) is 17.3. The zero-order valence-electron chi connectivity index (χ0n) is 18.7. The van der Waals surface area contributed by atoms with Crippen molar-refractivity contribution in [2.45, 2.75) is 11.8 Å². The summed E-state index contributed by atoms with van der Waals surface area (Å²) in [6.45, 7) is 0.304. The molecule has 0 saturated carbocycles. The number of benzene rings is 3. The number of carboxylic acids is 1. The van der Waals surface area contributed by atoms with E-state index in [9.17, 15) is 9.90 Å². The second-order valence-electron chi connectivity index (χ2n) is 7.34. The molecule has 4 aromatic rings. The summed E-state index contributed by atoms with van der Waals surface area (Å²) in [4.78, 5) is 16.4. The summed E-state index contributed by atoms with van der Waals surface area (Å²) in [6.07, 6.45) is 1.52. The minimum Gasteiger partial charge on any atom is -0.493 e. The molecule has 0 fully saturated rings. The van der Waals surface area contributed by atoms with Gasteiger partial charge in [-0.1, -0.05) is 35.3 Å². The predicted octanol–water partition coefficient (Wildman–Crippen LogP) is 7.35. The van der Waals surface area contributed by atoms with Crippen LogP contribution < -0.4 is 9.47 Å². The maximum Gasteiger partial charge on any atom is 0.342 e. The molecule has 1 aromatic heterocycles. The lowest BCUT2D eigenvalue weighted by Crippen LogP contribution is -2.00. The molecule has 0 atom stereocenters. The van der Waals surface area contributed by atoms with Crippen molar-refractivity contribution in [2.75, 3.05) is 7.11 Å². The fraction of sp³-hybridized carbons (Fsp3) is 0.0800. The molecule has 1 heterocycles. The van der Waals surface area contributed by atoms with Crippen molar-refractivity contribution in [3.63, 3.8) is 0 Å². The van der Waals surface area contributed by atoms with Gasteiger partial charge in [-0.3, -0.25) is 5.10 Å². The number of H-pyrrole nitrogens is 1. The number of aromatic nitrogens is 3. The third-order valence-corrected chi connectivity index (χ3v) is 6.81. The summed E-state index contributed by atoms with van der Waals surface area (Å²) in [5, 5.41) is 18.2. The lowest BCUT2D eigenvalue weighted by molar-refractivity contribution is -0.131. The van der Waals surface area contributed by atoms with Crippen LogP contribution in [0.15, 0.2) is 75.2 Å². The van der Waals surface area contributed by atoms with Crippen LogP contribution in [0.25, 0.3) is 17.5 Å². The van der Waals surface area contributed by atoms with Gasteiger partial charge in [-0.2, -0.15) is 0 Å². The Morgan fingerprint density at radius 2 is 1.78 bits per heavy atom. The van der Waals surface area contributed by atoms with E-state index < -0.39 is 5.97 Å². The second kappa shape index (κ2) is 11.8. The first-order valence-corrected chi connectivity index (χ1v) is 12.7. The van der Waals surface area contributed by atoms with E-state index in [1.165, 1.54) is 13.2 Å². The van der Waals surface area contributed by atoms with Crippen molar-refractivity contribution in [1.29, 1.82) is 0 Å². The Balaban J connectivity index is 1.54. The molecule has 0 aliphatic rings. The number of hydrogen-bond donors (Lipinski definition) is 2. The van der Waals surface area contributed by atoms with Crippen molar-refractivity contribution < 1.29 is 19.4 Å². The lowest BCUT2D eigenvalue weighted by Gasteiger charge is -2.14. The van der Waals surface area contributed by atoms with Crippen LogP contribution in [0.4, 0.5) is 0 Å². The van der Waals surface area contributed by atoms with Gasteiger partial charge in [-0.15, -0.1) is 5.10 Å². The Morgan fingerprint density at radius 3 is 2.42 bits per heavy atom. The Morgan fingerprint density at radius 1 is 1.11 bits per heavy atom. The average molecular weight is 607 g/mol. The first kappa shape index (κ1) is 26.1. The second-order valence-corrected chi connectivity index (χ2v) is 10.1. The molecular formula is C25H18BrCl2N3O4S. The summed E-state index contributed by atoms with van der Waals surface area (Å²) in [5.41, 5.74) is 2.31. The summed E-state index contributed by atoms with van der Waals surface area (Å²) >= 11 is 16.3. The number of thioether (sulfide) groups is 1. The molecule has 0 unspecified atom stereocenters. The van der Waals surface area contributed by atoms with Gasteiger partial charge in [0.05, 0.1) is 11.6 Å². The summed E-state index contributed by atoms with van der Waals surface area (Å²) in [7, 11) is 1.52. The van der Waals surface area contributed by atoms with Gasteiger partial charge < -0.3 is 14.6 Å². The van der Waals surface area contributed by atoms with E-state index in [2.05, 4.69) is 31.1 Å². The molecule has 0 bridgehead atoms. The average Bonchev–Trinajstić information content (AvgIpc) is 3.32. The topological polar surface area (TPSA) is 97.3 Å². The monoisotopic (exact) mass is 605 g/mol. The van der Waals surface area contributed by atoms with Crippen LogP contribution >= 0.6 is 50.9 Å². The molecule has 11 heteroatoms. The zero-order valence-corrected chi connectivity index (χ0v) is 22.6.